The standard InChI is InChI=1S/C24H18N2.Pt/c1-3-15-25-23(11-1)14-13-19-7-5-8-20(17-19)21-9-6-10-22(18-21)24-12-2-4-16-26-24;/h1-12,15-16H,13-14H2;/q-2;+2. The number of benzene rings is 2. The molecule has 2 heterocycles. The molecule has 3 heteroatoms. The maximum absolute atomic E-state index is 4.42. The third-order valence-electron chi connectivity index (χ3n) is 4.26. The predicted octanol–water partition coefficient (Wildman–Crippen LogP) is 5.19. The van der Waals surface area contributed by atoms with Crippen LogP contribution >= 0.6 is 0 Å². The van der Waals surface area contributed by atoms with Gasteiger partial charge in [-0.15, -0.1) is 29.3 Å². The van der Waals surface area contributed by atoms with Crippen LogP contribution in [0, 0.1) is 12.1 Å². The van der Waals surface area contributed by atoms with Crippen LogP contribution in [0.25, 0.3) is 22.4 Å². The molecule has 2 nitrogen and oxygen atoms in total. The molecule has 27 heavy (non-hydrogen) atoms. The van der Waals surface area contributed by atoms with E-state index in [0.29, 0.717) is 0 Å². The molecule has 0 aliphatic heterocycles. The van der Waals surface area contributed by atoms with Crippen molar-refractivity contribution >= 4 is 0 Å². The fourth-order valence-corrected chi connectivity index (χ4v) is 2.93. The van der Waals surface area contributed by atoms with Crippen LogP contribution in [0.4, 0.5) is 0 Å². The number of rotatable bonds is 5. The minimum Gasteiger partial charge on any atom is -0.295 e. The van der Waals surface area contributed by atoms with Crippen LogP contribution < -0.4 is 0 Å². The molecule has 0 aliphatic rings. The Labute approximate surface area is 174 Å². The molecule has 2 aromatic carbocycles. The first-order valence-electron chi connectivity index (χ1n) is 8.74. The molecular weight excluding hydrogens is 511 g/mol. The van der Waals surface area contributed by atoms with Gasteiger partial charge in [0.15, 0.2) is 0 Å². The van der Waals surface area contributed by atoms with Crippen molar-refractivity contribution in [3.05, 3.63) is 109 Å². The first-order chi connectivity index (χ1) is 12.9. The second-order valence-corrected chi connectivity index (χ2v) is 6.10. The molecule has 0 fully saturated rings. The van der Waals surface area contributed by atoms with E-state index in [1.165, 1.54) is 5.56 Å². The Balaban J connectivity index is 0.00000210. The molecule has 0 bridgehead atoms. The molecule has 0 amide bonds. The van der Waals surface area contributed by atoms with Gasteiger partial charge in [-0.2, -0.15) is 35.9 Å². The maximum Gasteiger partial charge on any atom is 2.00 e. The summed E-state index contributed by atoms with van der Waals surface area (Å²) in [6.07, 6.45) is 5.48. The minimum atomic E-state index is 0. The first-order valence-corrected chi connectivity index (χ1v) is 8.74. The second-order valence-electron chi connectivity index (χ2n) is 6.10. The van der Waals surface area contributed by atoms with Gasteiger partial charge < -0.3 is 0 Å². The van der Waals surface area contributed by atoms with E-state index in [9.17, 15) is 0 Å². The number of aromatic nitrogens is 2. The predicted molar refractivity (Wildman–Crippen MR) is 104 cm³/mol. The third-order valence-corrected chi connectivity index (χ3v) is 4.26. The summed E-state index contributed by atoms with van der Waals surface area (Å²) in [7, 11) is 0. The maximum atomic E-state index is 4.42. The molecule has 4 aromatic rings. The third kappa shape index (κ3) is 4.99. The summed E-state index contributed by atoms with van der Waals surface area (Å²) in [6.45, 7) is 0. The van der Waals surface area contributed by atoms with E-state index < -0.39 is 0 Å². The summed E-state index contributed by atoms with van der Waals surface area (Å²) >= 11 is 0. The van der Waals surface area contributed by atoms with Crippen molar-refractivity contribution in [2.24, 2.45) is 0 Å². The first kappa shape index (κ1) is 19.2. The van der Waals surface area contributed by atoms with Gasteiger partial charge in [0, 0.05) is 23.8 Å². The summed E-state index contributed by atoms with van der Waals surface area (Å²) in [5, 5.41) is 0. The number of nitrogens with zero attached hydrogens (tertiary/aromatic N) is 2. The van der Waals surface area contributed by atoms with E-state index >= 15 is 0 Å². The Morgan fingerprint density at radius 2 is 1.30 bits per heavy atom. The average Bonchev–Trinajstić information content (AvgIpc) is 2.74. The number of hydrogen-bond acceptors (Lipinski definition) is 2. The van der Waals surface area contributed by atoms with E-state index in [1.807, 2.05) is 48.7 Å². The Kier molecular flexibility index (Phi) is 6.68. The Morgan fingerprint density at radius 1 is 0.593 bits per heavy atom. The van der Waals surface area contributed by atoms with Crippen molar-refractivity contribution in [2.75, 3.05) is 0 Å². The normalized spacial score (nSPS) is 10.2. The van der Waals surface area contributed by atoms with Crippen molar-refractivity contribution in [3.8, 4) is 22.4 Å². The van der Waals surface area contributed by atoms with Crippen LogP contribution in [0.5, 0.6) is 0 Å². The Morgan fingerprint density at radius 3 is 2.04 bits per heavy atom. The van der Waals surface area contributed by atoms with Crippen LogP contribution in [0.1, 0.15) is 11.3 Å². The molecule has 0 unspecified atom stereocenters. The van der Waals surface area contributed by atoms with Gasteiger partial charge in [-0.1, -0.05) is 18.2 Å². The monoisotopic (exact) mass is 529 g/mol. The van der Waals surface area contributed by atoms with E-state index in [1.54, 1.807) is 6.20 Å². The van der Waals surface area contributed by atoms with Crippen LogP contribution in [0.2, 0.25) is 0 Å². The van der Waals surface area contributed by atoms with Gasteiger partial charge in [0.1, 0.15) is 0 Å². The SMILES string of the molecule is [Pt+2].[c-]1c(CCc2ccccn2)cccc1-c1[c-]c(-c2ccccn2)ccc1. The molecule has 134 valence electrons. The van der Waals surface area contributed by atoms with Crippen molar-refractivity contribution in [1.82, 2.24) is 9.97 Å². The summed E-state index contributed by atoms with van der Waals surface area (Å²) in [6, 6.07) is 31.4. The molecule has 2 aromatic heterocycles. The topological polar surface area (TPSA) is 25.8 Å². The smallest absolute Gasteiger partial charge is 0.295 e. The van der Waals surface area contributed by atoms with Crippen molar-refractivity contribution in [1.29, 1.82) is 0 Å². The van der Waals surface area contributed by atoms with Gasteiger partial charge >= 0.3 is 21.1 Å². The minimum absolute atomic E-state index is 0. The Bertz CT molecular complexity index is 985. The van der Waals surface area contributed by atoms with Gasteiger partial charge in [0.2, 0.25) is 0 Å². The van der Waals surface area contributed by atoms with Crippen LogP contribution in [0.3, 0.4) is 0 Å². The molecule has 0 saturated carbocycles. The zero-order chi connectivity index (χ0) is 17.6. The zero-order valence-corrected chi connectivity index (χ0v) is 17.0. The fourth-order valence-electron chi connectivity index (χ4n) is 2.93. The van der Waals surface area contributed by atoms with Gasteiger partial charge in [0.25, 0.3) is 0 Å². The van der Waals surface area contributed by atoms with E-state index in [0.717, 1.165) is 40.9 Å². The molecule has 0 N–H and O–H groups in total. The fraction of sp³-hybridized carbons (Fsp3) is 0.0833. The van der Waals surface area contributed by atoms with Gasteiger partial charge in [-0.05, 0) is 31.0 Å². The van der Waals surface area contributed by atoms with Crippen molar-refractivity contribution in [2.45, 2.75) is 12.8 Å². The van der Waals surface area contributed by atoms with Crippen molar-refractivity contribution < 1.29 is 21.1 Å². The molecule has 0 aliphatic carbocycles. The van der Waals surface area contributed by atoms with E-state index in [2.05, 4.69) is 52.4 Å². The quantitative estimate of drug-likeness (QED) is 0.333. The summed E-state index contributed by atoms with van der Waals surface area (Å²) < 4.78 is 0. The van der Waals surface area contributed by atoms with Crippen LogP contribution in [-0.2, 0) is 33.9 Å². The average molecular weight is 530 g/mol. The summed E-state index contributed by atoms with van der Waals surface area (Å²) in [5.41, 5.74) is 6.31. The van der Waals surface area contributed by atoms with E-state index in [-0.39, 0.29) is 21.1 Å². The van der Waals surface area contributed by atoms with Gasteiger partial charge in [-0.25, -0.2) is 5.56 Å². The number of hydrogen-bond donors (Lipinski definition) is 0. The van der Waals surface area contributed by atoms with Gasteiger partial charge in [0.05, 0.1) is 0 Å². The van der Waals surface area contributed by atoms with E-state index in [4.69, 9.17) is 0 Å². The zero-order valence-electron chi connectivity index (χ0n) is 14.7. The Hall–Kier alpha value is -2.57. The molecule has 0 saturated heterocycles. The number of aryl methyl sites for hydroxylation is 2. The van der Waals surface area contributed by atoms with Gasteiger partial charge in [-0.3, -0.25) is 9.97 Å². The molecule has 4 rings (SSSR count). The largest absolute Gasteiger partial charge is 2.00 e. The summed E-state index contributed by atoms with van der Waals surface area (Å²) in [4.78, 5) is 8.81. The molecule has 0 spiro atoms. The molecule has 0 atom stereocenters. The molecule has 0 radical (unpaired) electrons. The van der Waals surface area contributed by atoms with Crippen LogP contribution in [0.15, 0.2) is 85.2 Å². The number of pyridine rings is 2. The second kappa shape index (κ2) is 9.39. The van der Waals surface area contributed by atoms with Crippen molar-refractivity contribution in [3.63, 3.8) is 0 Å². The molecular formula is C24H18N2Pt. The van der Waals surface area contributed by atoms with Crippen LogP contribution in [-0.4, -0.2) is 9.97 Å². The summed E-state index contributed by atoms with van der Waals surface area (Å²) in [5.74, 6) is 0.